The zero-order chi connectivity index (χ0) is 9.14. The number of aromatic nitrogens is 2. The topological polar surface area (TPSA) is 37.8 Å². The number of rotatable bonds is 3. The average Bonchev–Trinajstić information content (AvgIpc) is 2.34. The van der Waals surface area contributed by atoms with Gasteiger partial charge in [0, 0.05) is 18.3 Å². The molecule has 1 N–H and O–H groups in total. The second-order valence-corrected chi connectivity index (χ2v) is 3.36. The van der Waals surface area contributed by atoms with Gasteiger partial charge in [0.1, 0.15) is 0 Å². The summed E-state index contributed by atoms with van der Waals surface area (Å²) in [6, 6.07) is 1.68. The van der Waals surface area contributed by atoms with Gasteiger partial charge in [0.15, 0.2) is 0 Å². The van der Waals surface area contributed by atoms with Gasteiger partial charge >= 0.3 is 0 Å². The molecule has 0 atom stereocenters. The second kappa shape index (κ2) is 3.61. The van der Waals surface area contributed by atoms with E-state index >= 15 is 0 Å². The monoisotopic (exact) mass is 168 g/mol. The summed E-state index contributed by atoms with van der Waals surface area (Å²) in [5.74, 6) is 0.399. The van der Waals surface area contributed by atoms with Crippen LogP contribution in [0, 0.1) is 0 Å². The lowest BCUT2D eigenvalue weighted by atomic mass is 10.1. The van der Waals surface area contributed by atoms with Crippen molar-refractivity contribution in [1.29, 1.82) is 0 Å². The van der Waals surface area contributed by atoms with Crippen LogP contribution in [0.3, 0.4) is 0 Å². The molecule has 1 heterocycles. The van der Waals surface area contributed by atoms with Crippen LogP contribution in [0.4, 0.5) is 0 Å². The highest BCUT2D eigenvalue weighted by atomic mass is 16.1. The van der Waals surface area contributed by atoms with E-state index in [0.717, 1.165) is 18.7 Å². The Morgan fingerprint density at radius 2 is 2.25 bits per heavy atom. The van der Waals surface area contributed by atoms with Crippen LogP contribution in [0.1, 0.15) is 38.8 Å². The van der Waals surface area contributed by atoms with Crippen molar-refractivity contribution in [3.8, 4) is 0 Å². The Hall–Kier alpha value is -0.990. The van der Waals surface area contributed by atoms with Gasteiger partial charge in [-0.3, -0.25) is 14.6 Å². The Labute approximate surface area is 72.4 Å². The number of aryl methyl sites for hydroxylation is 1. The van der Waals surface area contributed by atoms with E-state index in [1.807, 2.05) is 0 Å². The van der Waals surface area contributed by atoms with Crippen LogP contribution in [-0.4, -0.2) is 9.78 Å². The van der Waals surface area contributed by atoms with Gasteiger partial charge < -0.3 is 0 Å². The van der Waals surface area contributed by atoms with Crippen LogP contribution in [0.25, 0.3) is 0 Å². The van der Waals surface area contributed by atoms with E-state index in [2.05, 4.69) is 25.9 Å². The molecule has 0 unspecified atom stereocenters. The SMILES string of the molecule is CCCn1[nH]c(C(C)C)cc1=O. The summed E-state index contributed by atoms with van der Waals surface area (Å²) in [6.07, 6.45) is 0.984. The standard InChI is InChI=1S/C9H16N2O/c1-4-5-11-9(12)6-8(10-11)7(2)3/h6-7,10H,4-5H2,1-3H3. The predicted molar refractivity (Wildman–Crippen MR) is 49.4 cm³/mol. The van der Waals surface area contributed by atoms with Crippen molar-refractivity contribution in [2.75, 3.05) is 0 Å². The zero-order valence-corrected chi connectivity index (χ0v) is 7.92. The maximum Gasteiger partial charge on any atom is 0.266 e. The summed E-state index contributed by atoms with van der Waals surface area (Å²) < 4.78 is 1.66. The molecule has 3 nitrogen and oxygen atoms in total. The van der Waals surface area contributed by atoms with Gasteiger partial charge in [-0.15, -0.1) is 0 Å². The van der Waals surface area contributed by atoms with E-state index < -0.39 is 0 Å². The van der Waals surface area contributed by atoms with Crippen molar-refractivity contribution in [2.45, 2.75) is 39.7 Å². The van der Waals surface area contributed by atoms with Gasteiger partial charge in [0.25, 0.3) is 5.56 Å². The molecule has 1 aromatic heterocycles. The largest absolute Gasteiger partial charge is 0.299 e. The van der Waals surface area contributed by atoms with Crippen molar-refractivity contribution in [3.63, 3.8) is 0 Å². The number of hydrogen-bond donors (Lipinski definition) is 1. The maximum atomic E-state index is 11.3. The van der Waals surface area contributed by atoms with Gasteiger partial charge in [-0.05, 0) is 12.3 Å². The third-order valence-corrected chi connectivity index (χ3v) is 1.88. The highest BCUT2D eigenvalue weighted by molar-refractivity contribution is 5.03. The number of nitrogens with one attached hydrogen (secondary N) is 1. The summed E-state index contributed by atoms with van der Waals surface area (Å²) in [6.45, 7) is 6.98. The molecule has 0 amide bonds. The molecule has 0 aromatic carbocycles. The molecule has 3 heteroatoms. The molecule has 0 aliphatic heterocycles. The maximum absolute atomic E-state index is 11.3. The Morgan fingerprint density at radius 1 is 1.58 bits per heavy atom. The van der Waals surface area contributed by atoms with Crippen LogP contribution < -0.4 is 5.56 Å². The van der Waals surface area contributed by atoms with Crippen LogP contribution in [0.15, 0.2) is 10.9 Å². The molecule has 0 spiro atoms. The fourth-order valence-electron chi connectivity index (χ4n) is 1.14. The van der Waals surface area contributed by atoms with Gasteiger partial charge in [-0.25, -0.2) is 0 Å². The van der Waals surface area contributed by atoms with Gasteiger partial charge in [0.2, 0.25) is 0 Å². The number of H-pyrrole nitrogens is 1. The van der Waals surface area contributed by atoms with Gasteiger partial charge in [-0.2, -0.15) is 0 Å². The van der Waals surface area contributed by atoms with Crippen LogP contribution in [0.5, 0.6) is 0 Å². The first kappa shape index (κ1) is 9.10. The van der Waals surface area contributed by atoms with Crippen LogP contribution in [0.2, 0.25) is 0 Å². The van der Waals surface area contributed by atoms with Gasteiger partial charge in [-0.1, -0.05) is 20.8 Å². The molecule has 0 fully saturated rings. The molecule has 0 aliphatic rings. The third kappa shape index (κ3) is 1.78. The van der Waals surface area contributed by atoms with E-state index in [9.17, 15) is 4.79 Å². The highest BCUT2D eigenvalue weighted by Crippen LogP contribution is 2.07. The smallest absolute Gasteiger partial charge is 0.266 e. The molecular weight excluding hydrogens is 152 g/mol. The minimum absolute atomic E-state index is 0.0838. The number of hydrogen-bond acceptors (Lipinski definition) is 1. The fourth-order valence-corrected chi connectivity index (χ4v) is 1.14. The van der Waals surface area contributed by atoms with Crippen molar-refractivity contribution >= 4 is 0 Å². The molecular formula is C9H16N2O. The average molecular weight is 168 g/mol. The zero-order valence-electron chi connectivity index (χ0n) is 7.92. The molecule has 0 bridgehead atoms. The van der Waals surface area contributed by atoms with E-state index in [1.54, 1.807) is 10.7 Å². The highest BCUT2D eigenvalue weighted by Gasteiger charge is 2.04. The normalized spacial score (nSPS) is 11.0. The minimum Gasteiger partial charge on any atom is -0.299 e. The molecule has 12 heavy (non-hydrogen) atoms. The van der Waals surface area contributed by atoms with E-state index in [-0.39, 0.29) is 5.56 Å². The van der Waals surface area contributed by atoms with E-state index in [4.69, 9.17) is 0 Å². The first-order chi connectivity index (χ1) is 5.65. The van der Waals surface area contributed by atoms with Gasteiger partial charge in [0.05, 0.1) is 0 Å². The molecule has 0 radical (unpaired) electrons. The van der Waals surface area contributed by atoms with E-state index in [0.29, 0.717) is 5.92 Å². The van der Waals surface area contributed by atoms with E-state index in [1.165, 1.54) is 0 Å². The lowest BCUT2D eigenvalue weighted by Gasteiger charge is -2.00. The molecule has 68 valence electrons. The molecule has 0 aliphatic carbocycles. The molecule has 0 saturated carbocycles. The van der Waals surface area contributed by atoms with Crippen molar-refractivity contribution in [3.05, 3.63) is 22.1 Å². The first-order valence-corrected chi connectivity index (χ1v) is 4.45. The predicted octanol–water partition coefficient (Wildman–Crippen LogP) is 1.71. The van der Waals surface area contributed by atoms with Crippen molar-refractivity contribution in [2.24, 2.45) is 0 Å². The minimum atomic E-state index is 0.0838. The second-order valence-electron chi connectivity index (χ2n) is 3.36. The third-order valence-electron chi connectivity index (χ3n) is 1.88. The Bertz CT molecular complexity index is 296. The Balaban J connectivity index is 2.93. The summed E-state index contributed by atoms with van der Waals surface area (Å²) in [4.78, 5) is 11.3. The molecule has 0 saturated heterocycles. The van der Waals surface area contributed by atoms with Crippen LogP contribution in [-0.2, 0) is 6.54 Å². The molecule has 1 aromatic rings. The van der Waals surface area contributed by atoms with Crippen LogP contribution >= 0.6 is 0 Å². The summed E-state index contributed by atoms with van der Waals surface area (Å²) >= 11 is 0. The lowest BCUT2D eigenvalue weighted by Crippen LogP contribution is -2.15. The van der Waals surface area contributed by atoms with Crippen molar-refractivity contribution < 1.29 is 0 Å². The summed E-state index contributed by atoms with van der Waals surface area (Å²) in [5, 5.41) is 3.09. The van der Waals surface area contributed by atoms with Crippen molar-refractivity contribution in [1.82, 2.24) is 9.78 Å². The first-order valence-electron chi connectivity index (χ1n) is 4.45. The Morgan fingerprint density at radius 3 is 2.67 bits per heavy atom. The molecule has 1 rings (SSSR count). The Kier molecular flexibility index (Phi) is 2.74. The summed E-state index contributed by atoms with van der Waals surface area (Å²) in [7, 11) is 0. The fraction of sp³-hybridized carbons (Fsp3) is 0.667. The summed E-state index contributed by atoms with van der Waals surface area (Å²) in [5.41, 5.74) is 1.11. The number of aromatic amines is 1. The lowest BCUT2D eigenvalue weighted by molar-refractivity contribution is 0.573. The number of nitrogens with zero attached hydrogens (tertiary/aromatic N) is 1. The quantitative estimate of drug-likeness (QED) is 0.733.